The van der Waals surface area contributed by atoms with Crippen LogP contribution in [0, 0.1) is 5.82 Å². The molecule has 0 aliphatic rings. The number of pyridine rings is 1. The molecule has 1 heterocycles. The van der Waals surface area contributed by atoms with E-state index in [0.29, 0.717) is 23.9 Å². The molecule has 0 radical (unpaired) electrons. The molecule has 0 unspecified atom stereocenters. The third-order valence-electron chi connectivity index (χ3n) is 2.10. The Morgan fingerprint density at radius 1 is 1.29 bits per heavy atom. The second-order valence-electron chi connectivity index (χ2n) is 3.35. The molecule has 0 aliphatic carbocycles. The van der Waals surface area contributed by atoms with Gasteiger partial charge in [0.25, 0.3) is 0 Å². The molecular weight excluding hydrogens is 243 g/mol. The van der Waals surface area contributed by atoms with E-state index in [0.717, 1.165) is 0 Å². The smallest absolute Gasteiger partial charge is 0.219 e. The first kappa shape index (κ1) is 11.8. The zero-order valence-corrected chi connectivity index (χ0v) is 9.62. The van der Waals surface area contributed by atoms with Crippen LogP contribution in [0.25, 0.3) is 0 Å². The van der Waals surface area contributed by atoms with E-state index >= 15 is 0 Å². The molecule has 0 amide bonds. The van der Waals surface area contributed by atoms with Crippen LogP contribution in [-0.4, -0.2) is 4.98 Å². The van der Waals surface area contributed by atoms with Crippen LogP contribution in [0.1, 0.15) is 5.69 Å². The van der Waals surface area contributed by atoms with E-state index in [-0.39, 0.29) is 5.02 Å². The van der Waals surface area contributed by atoms with E-state index in [1.807, 2.05) is 0 Å². The topological polar surface area (TPSA) is 48.1 Å². The maximum atomic E-state index is 12.8. The van der Waals surface area contributed by atoms with E-state index in [1.54, 1.807) is 18.2 Å². The fraction of sp³-hybridized carbons (Fsp3) is 0.0833. The van der Waals surface area contributed by atoms with Gasteiger partial charge in [-0.15, -0.1) is 0 Å². The molecule has 0 fully saturated rings. The summed E-state index contributed by atoms with van der Waals surface area (Å²) in [6.45, 7) is 0.328. The number of rotatable bonds is 3. The molecule has 0 bridgehead atoms. The molecule has 0 atom stereocenters. The highest BCUT2D eigenvalue weighted by Gasteiger charge is 2.05. The zero-order chi connectivity index (χ0) is 12.3. The number of halogens is 2. The first-order valence-electron chi connectivity index (χ1n) is 4.98. The minimum Gasteiger partial charge on any atom is -0.437 e. The van der Waals surface area contributed by atoms with Crippen molar-refractivity contribution in [2.45, 2.75) is 6.54 Å². The summed E-state index contributed by atoms with van der Waals surface area (Å²) in [6.07, 6.45) is 0. The van der Waals surface area contributed by atoms with Gasteiger partial charge in [0, 0.05) is 12.6 Å². The first-order chi connectivity index (χ1) is 8.19. The lowest BCUT2D eigenvalue weighted by Crippen LogP contribution is -2.00. The highest BCUT2D eigenvalue weighted by Crippen LogP contribution is 2.28. The van der Waals surface area contributed by atoms with Gasteiger partial charge in [0.15, 0.2) is 0 Å². The number of nitrogens with zero attached hydrogens (tertiary/aromatic N) is 1. The molecule has 3 nitrogen and oxygen atoms in total. The fourth-order valence-electron chi connectivity index (χ4n) is 1.30. The van der Waals surface area contributed by atoms with E-state index in [9.17, 15) is 4.39 Å². The minimum absolute atomic E-state index is 0.199. The molecule has 0 aliphatic heterocycles. The SMILES string of the molecule is NCc1cccc(Oc2ccc(F)cc2Cl)n1. The van der Waals surface area contributed by atoms with Crippen molar-refractivity contribution < 1.29 is 9.13 Å². The second kappa shape index (κ2) is 5.12. The molecule has 5 heteroatoms. The third kappa shape index (κ3) is 2.93. The van der Waals surface area contributed by atoms with Crippen LogP contribution in [0.15, 0.2) is 36.4 Å². The van der Waals surface area contributed by atoms with Crippen LogP contribution < -0.4 is 10.5 Å². The van der Waals surface area contributed by atoms with Gasteiger partial charge in [-0.05, 0) is 24.3 Å². The molecule has 1 aromatic heterocycles. The van der Waals surface area contributed by atoms with Crippen molar-refractivity contribution >= 4 is 11.6 Å². The molecular formula is C12H10ClFN2O. The van der Waals surface area contributed by atoms with Crippen LogP contribution in [0.2, 0.25) is 5.02 Å². The fourth-order valence-corrected chi connectivity index (χ4v) is 1.50. The molecule has 88 valence electrons. The number of hydrogen-bond acceptors (Lipinski definition) is 3. The Labute approximate surface area is 103 Å². The predicted octanol–water partition coefficient (Wildman–Crippen LogP) is 3.13. The molecule has 0 saturated heterocycles. The standard InChI is InChI=1S/C12H10ClFN2O/c13-10-6-8(14)4-5-11(10)17-12-3-1-2-9(7-15)16-12/h1-6H,7,15H2. The monoisotopic (exact) mass is 252 g/mol. The lowest BCUT2D eigenvalue weighted by atomic mass is 10.3. The molecule has 0 saturated carbocycles. The normalized spacial score (nSPS) is 10.3. The van der Waals surface area contributed by atoms with Gasteiger partial charge in [0.1, 0.15) is 11.6 Å². The third-order valence-corrected chi connectivity index (χ3v) is 2.39. The van der Waals surface area contributed by atoms with Crippen LogP contribution in [0.5, 0.6) is 11.6 Å². The van der Waals surface area contributed by atoms with Gasteiger partial charge in [0.05, 0.1) is 10.7 Å². The second-order valence-corrected chi connectivity index (χ2v) is 3.76. The Morgan fingerprint density at radius 2 is 2.12 bits per heavy atom. The molecule has 1 aromatic carbocycles. The maximum absolute atomic E-state index is 12.8. The highest BCUT2D eigenvalue weighted by atomic mass is 35.5. The Bertz CT molecular complexity index is 534. The van der Waals surface area contributed by atoms with Crippen molar-refractivity contribution in [1.29, 1.82) is 0 Å². The summed E-state index contributed by atoms with van der Waals surface area (Å²) in [7, 11) is 0. The quantitative estimate of drug-likeness (QED) is 0.913. The van der Waals surface area contributed by atoms with Crippen molar-refractivity contribution in [2.24, 2.45) is 5.73 Å². The van der Waals surface area contributed by atoms with Crippen LogP contribution in [0.4, 0.5) is 4.39 Å². The Balaban J connectivity index is 2.25. The highest BCUT2D eigenvalue weighted by molar-refractivity contribution is 6.32. The van der Waals surface area contributed by atoms with Crippen LogP contribution in [-0.2, 0) is 6.54 Å². The summed E-state index contributed by atoms with van der Waals surface area (Å²) in [5.41, 5.74) is 6.18. The van der Waals surface area contributed by atoms with E-state index < -0.39 is 5.82 Å². The lowest BCUT2D eigenvalue weighted by Gasteiger charge is -2.07. The van der Waals surface area contributed by atoms with Crippen molar-refractivity contribution in [3.05, 3.63) is 52.9 Å². The van der Waals surface area contributed by atoms with Crippen LogP contribution in [0.3, 0.4) is 0 Å². The maximum Gasteiger partial charge on any atom is 0.219 e. The molecule has 17 heavy (non-hydrogen) atoms. The van der Waals surface area contributed by atoms with E-state index in [1.165, 1.54) is 18.2 Å². The van der Waals surface area contributed by atoms with Crippen molar-refractivity contribution in [2.75, 3.05) is 0 Å². The molecule has 0 spiro atoms. The largest absolute Gasteiger partial charge is 0.437 e. The van der Waals surface area contributed by atoms with Crippen molar-refractivity contribution in [3.63, 3.8) is 0 Å². The number of benzene rings is 1. The summed E-state index contributed by atoms with van der Waals surface area (Å²) < 4.78 is 18.3. The van der Waals surface area contributed by atoms with Gasteiger partial charge in [0.2, 0.25) is 5.88 Å². The van der Waals surface area contributed by atoms with E-state index in [2.05, 4.69) is 4.98 Å². The summed E-state index contributed by atoms with van der Waals surface area (Å²) in [5, 5.41) is 0.199. The molecule has 2 aromatic rings. The number of aromatic nitrogens is 1. The Morgan fingerprint density at radius 3 is 2.82 bits per heavy atom. The predicted molar refractivity (Wildman–Crippen MR) is 63.6 cm³/mol. The van der Waals surface area contributed by atoms with E-state index in [4.69, 9.17) is 22.1 Å². The number of nitrogens with two attached hydrogens (primary N) is 1. The summed E-state index contributed by atoms with van der Waals surface area (Å²) in [6, 6.07) is 9.16. The summed E-state index contributed by atoms with van der Waals surface area (Å²) in [5.74, 6) is 0.321. The average molecular weight is 253 g/mol. The molecule has 2 N–H and O–H groups in total. The zero-order valence-electron chi connectivity index (χ0n) is 8.86. The minimum atomic E-state index is -0.411. The number of hydrogen-bond donors (Lipinski definition) is 1. The van der Waals surface area contributed by atoms with Gasteiger partial charge in [-0.1, -0.05) is 17.7 Å². The van der Waals surface area contributed by atoms with Gasteiger partial charge in [-0.2, -0.15) is 0 Å². The Hall–Kier alpha value is -1.65. The number of ether oxygens (including phenoxy) is 1. The van der Waals surface area contributed by atoms with Crippen molar-refractivity contribution in [1.82, 2.24) is 4.98 Å². The average Bonchev–Trinajstić information content (AvgIpc) is 2.33. The summed E-state index contributed by atoms with van der Waals surface area (Å²) in [4.78, 5) is 4.15. The summed E-state index contributed by atoms with van der Waals surface area (Å²) >= 11 is 5.84. The van der Waals surface area contributed by atoms with Gasteiger partial charge >= 0.3 is 0 Å². The van der Waals surface area contributed by atoms with Gasteiger partial charge in [-0.25, -0.2) is 9.37 Å². The van der Waals surface area contributed by atoms with Crippen molar-refractivity contribution in [3.8, 4) is 11.6 Å². The first-order valence-corrected chi connectivity index (χ1v) is 5.36. The molecule has 2 rings (SSSR count). The van der Waals surface area contributed by atoms with Gasteiger partial charge in [-0.3, -0.25) is 0 Å². The van der Waals surface area contributed by atoms with Crippen LogP contribution >= 0.6 is 11.6 Å². The lowest BCUT2D eigenvalue weighted by molar-refractivity contribution is 0.459. The Kier molecular flexibility index (Phi) is 3.56. The van der Waals surface area contributed by atoms with Gasteiger partial charge < -0.3 is 10.5 Å².